The molecular weight excluding hydrogens is 394 g/mol. The molecule has 2 aromatic rings. The van der Waals surface area contributed by atoms with Crippen molar-refractivity contribution in [2.75, 3.05) is 7.11 Å². The van der Waals surface area contributed by atoms with E-state index in [0.717, 1.165) is 15.6 Å². The lowest BCUT2D eigenvalue weighted by Gasteiger charge is -2.39. The highest BCUT2D eigenvalue weighted by atomic mass is 79.9. The largest absolute Gasteiger partial charge is 0.485 e. The smallest absolute Gasteiger partial charge is 0.307 e. The Morgan fingerprint density at radius 2 is 2.04 bits per heavy atom. The van der Waals surface area contributed by atoms with Crippen LogP contribution in [0.1, 0.15) is 30.1 Å². The van der Waals surface area contributed by atoms with E-state index >= 15 is 0 Å². The van der Waals surface area contributed by atoms with Gasteiger partial charge in [-0.1, -0.05) is 46.3 Å². The summed E-state index contributed by atoms with van der Waals surface area (Å²) in [7, 11) is 1.38. The van der Waals surface area contributed by atoms with Crippen LogP contribution in [0.4, 0.5) is 0 Å². The lowest BCUT2D eigenvalue weighted by molar-refractivity contribution is -0.142. The summed E-state index contributed by atoms with van der Waals surface area (Å²) in [6.45, 7) is 0. The van der Waals surface area contributed by atoms with Crippen LogP contribution in [0.2, 0.25) is 0 Å². The SMILES string of the molecule is COC(=O)CC1(N)CC(c2ccccc2)Oc2ccc(Br)cc21.Cl. The molecule has 0 bridgehead atoms. The maximum absolute atomic E-state index is 11.9. The number of nitrogens with two attached hydrogens (primary N) is 1. The van der Waals surface area contributed by atoms with Crippen molar-refractivity contribution < 1.29 is 14.3 Å². The second-order valence-corrected chi connectivity index (χ2v) is 6.69. The molecule has 1 aliphatic heterocycles. The third-order valence-electron chi connectivity index (χ3n) is 4.16. The van der Waals surface area contributed by atoms with E-state index < -0.39 is 5.54 Å². The highest BCUT2D eigenvalue weighted by Gasteiger charge is 2.41. The van der Waals surface area contributed by atoms with Crippen molar-refractivity contribution >= 4 is 34.3 Å². The summed E-state index contributed by atoms with van der Waals surface area (Å²) in [5, 5.41) is 0. The lowest BCUT2D eigenvalue weighted by atomic mass is 9.79. The van der Waals surface area contributed by atoms with Gasteiger partial charge in [0.1, 0.15) is 11.9 Å². The van der Waals surface area contributed by atoms with Gasteiger partial charge >= 0.3 is 5.97 Å². The normalized spacial score (nSPS) is 21.9. The first-order valence-electron chi connectivity index (χ1n) is 7.39. The van der Waals surface area contributed by atoms with E-state index in [2.05, 4.69) is 15.9 Å². The van der Waals surface area contributed by atoms with Crippen molar-refractivity contribution in [3.05, 3.63) is 64.1 Å². The van der Waals surface area contributed by atoms with Crippen LogP contribution in [-0.4, -0.2) is 13.1 Å². The fourth-order valence-electron chi connectivity index (χ4n) is 2.98. The predicted octanol–water partition coefficient (Wildman–Crippen LogP) is 4.11. The minimum atomic E-state index is -0.828. The molecule has 0 fully saturated rings. The monoisotopic (exact) mass is 411 g/mol. The molecule has 0 saturated heterocycles. The molecule has 3 rings (SSSR count). The maximum atomic E-state index is 11.9. The van der Waals surface area contributed by atoms with Crippen LogP contribution in [-0.2, 0) is 15.1 Å². The molecule has 0 radical (unpaired) electrons. The summed E-state index contributed by atoms with van der Waals surface area (Å²) in [5.41, 5.74) is 7.68. The van der Waals surface area contributed by atoms with Gasteiger partial charge in [-0.25, -0.2) is 0 Å². The molecule has 4 nitrogen and oxygen atoms in total. The lowest BCUT2D eigenvalue weighted by Crippen LogP contribution is -2.44. The van der Waals surface area contributed by atoms with Crippen LogP contribution in [0.5, 0.6) is 5.75 Å². The van der Waals surface area contributed by atoms with Crippen molar-refractivity contribution in [3.8, 4) is 5.75 Å². The van der Waals surface area contributed by atoms with Gasteiger partial charge < -0.3 is 15.2 Å². The number of benzene rings is 2. The quantitative estimate of drug-likeness (QED) is 0.771. The molecule has 128 valence electrons. The standard InChI is InChI=1S/C18H18BrNO3.ClH/c1-22-17(21)11-18(20)10-16(12-5-3-2-4-6-12)23-15-8-7-13(19)9-14(15)18;/h2-9,16H,10-11,20H2,1H3;1H. The molecule has 24 heavy (non-hydrogen) atoms. The summed E-state index contributed by atoms with van der Waals surface area (Å²) < 4.78 is 11.9. The Balaban J connectivity index is 0.00000208. The van der Waals surface area contributed by atoms with Crippen LogP contribution < -0.4 is 10.5 Å². The van der Waals surface area contributed by atoms with Gasteiger partial charge in [-0.3, -0.25) is 4.79 Å². The van der Waals surface area contributed by atoms with Gasteiger partial charge in [0.05, 0.1) is 19.1 Å². The van der Waals surface area contributed by atoms with E-state index in [1.54, 1.807) is 0 Å². The summed E-state index contributed by atoms with van der Waals surface area (Å²) in [6, 6.07) is 15.6. The van der Waals surface area contributed by atoms with E-state index in [0.29, 0.717) is 12.2 Å². The predicted molar refractivity (Wildman–Crippen MR) is 98.3 cm³/mol. The van der Waals surface area contributed by atoms with Crippen LogP contribution >= 0.6 is 28.3 Å². The molecule has 1 heterocycles. The van der Waals surface area contributed by atoms with E-state index in [-0.39, 0.29) is 30.9 Å². The Bertz CT molecular complexity index is 725. The van der Waals surface area contributed by atoms with E-state index in [4.69, 9.17) is 15.2 Å². The number of hydrogen-bond donors (Lipinski definition) is 1. The topological polar surface area (TPSA) is 61.5 Å². The first-order valence-corrected chi connectivity index (χ1v) is 8.18. The van der Waals surface area contributed by atoms with Gasteiger partial charge in [0.15, 0.2) is 0 Å². The zero-order valence-corrected chi connectivity index (χ0v) is 15.6. The number of hydrogen-bond acceptors (Lipinski definition) is 4. The Morgan fingerprint density at radius 3 is 2.71 bits per heavy atom. The van der Waals surface area contributed by atoms with Crippen molar-refractivity contribution in [1.82, 2.24) is 0 Å². The Kier molecular flexibility index (Phi) is 5.91. The molecular formula is C18H19BrClNO3. The van der Waals surface area contributed by atoms with Gasteiger partial charge in [0.2, 0.25) is 0 Å². The van der Waals surface area contributed by atoms with E-state index in [1.807, 2.05) is 48.5 Å². The van der Waals surface area contributed by atoms with Crippen molar-refractivity contribution in [3.63, 3.8) is 0 Å². The van der Waals surface area contributed by atoms with E-state index in [1.165, 1.54) is 7.11 Å². The van der Waals surface area contributed by atoms with Crippen molar-refractivity contribution in [2.45, 2.75) is 24.5 Å². The number of methoxy groups -OCH3 is 1. The molecule has 0 amide bonds. The Hall–Kier alpha value is -1.56. The van der Waals surface area contributed by atoms with Gasteiger partial charge in [-0.05, 0) is 23.8 Å². The number of carbonyl (C=O) groups is 1. The summed E-state index contributed by atoms with van der Waals surface area (Å²) >= 11 is 3.46. The molecule has 0 aromatic heterocycles. The first-order chi connectivity index (χ1) is 11.0. The maximum Gasteiger partial charge on any atom is 0.307 e. The fraction of sp³-hybridized carbons (Fsp3) is 0.278. The molecule has 1 aliphatic rings. The highest BCUT2D eigenvalue weighted by molar-refractivity contribution is 9.10. The zero-order chi connectivity index (χ0) is 16.4. The highest BCUT2D eigenvalue weighted by Crippen LogP contribution is 2.45. The Morgan fingerprint density at radius 1 is 1.33 bits per heavy atom. The molecule has 0 spiro atoms. The number of fused-ring (bicyclic) bond motifs is 1. The molecule has 6 heteroatoms. The summed E-state index contributed by atoms with van der Waals surface area (Å²) in [6.07, 6.45) is 0.425. The number of ether oxygens (including phenoxy) is 2. The van der Waals surface area contributed by atoms with E-state index in [9.17, 15) is 4.79 Å². The number of esters is 1. The van der Waals surface area contributed by atoms with Gasteiger partial charge in [-0.2, -0.15) is 0 Å². The first kappa shape index (κ1) is 18.8. The van der Waals surface area contributed by atoms with Crippen molar-refractivity contribution in [2.24, 2.45) is 5.73 Å². The molecule has 2 atom stereocenters. The number of halogens is 2. The minimum Gasteiger partial charge on any atom is -0.485 e. The second-order valence-electron chi connectivity index (χ2n) is 5.77. The molecule has 2 aromatic carbocycles. The molecule has 0 saturated carbocycles. The number of carbonyl (C=O) groups excluding carboxylic acids is 1. The fourth-order valence-corrected chi connectivity index (χ4v) is 3.34. The average Bonchev–Trinajstić information content (AvgIpc) is 2.56. The minimum absolute atomic E-state index is 0. The summed E-state index contributed by atoms with van der Waals surface area (Å²) in [4.78, 5) is 11.9. The van der Waals surface area contributed by atoms with Crippen LogP contribution in [0.3, 0.4) is 0 Å². The summed E-state index contributed by atoms with van der Waals surface area (Å²) in [5.74, 6) is 0.381. The molecule has 2 unspecified atom stereocenters. The second kappa shape index (κ2) is 7.55. The van der Waals surface area contributed by atoms with Gasteiger partial charge in [-0.15, -0.1) is 12.4 Å². The third kappa shape index (κ3) is 3.74. The molecule has 2 N–H and O–H groups in total. The molecule has 0 aliphatic carbocycles. The van der Waals surface area contributed by atoms with Gasteiger partial charge in [0, 0.05) is 16.5 Å². The van der Waals surface area contributed by atoms with Gasteiger partial charge in [0.25, 0.3) is 0 Å². The van der Waals surface area contributed by atoms with Crippen LogP contribution in [0.25, 0.3) is 0 Å². The Labute approximate surface area is 155 Å². The average molecular weight is 413 g/mol. The van der Waals surface area contributed by atoms with Crippen LogP contribution in [0, 0.1) is 0 Å². The third-order valence-corrected chi connectivity index (χ3v) is 4.65. The van der Waals surface area contributed by atoms with Crippen molar-refractivity contribution in [1.29, 1.82) is 0 Å². The zero-order valence-electron chi connectivity index (χ0n) is 13.2. The van der Waals surface area contributed by atoms with Crippen LogP contribution in [0.15, 0.2) is 53.0 Å². The number of rotatable bonds is 3.